The van der Waals surface area contributed by atoms with Crippen molar-refractivity contribution in [3.8, 4) is 0 Å². The maximum absolute atomic E-state index is 12.8. The van der Waals surface area contributed by atoms with Gasteiger partial charge in [0, 0.05) is 24.1 Å². The highest BCUT2D eigenvalue weighted by Gasteiger charge is 2.48. The van der Waals surface area contributed by atoms with Crippen LogP contribution in [0, 0.1) is 0 Å². The van der Waals surface area contributed by atoms with Crippen molar-refractivity contribution in [2.24, 2.45) is 0 Å². The van der Waals surface area contributed by atoms with Crippen LogP contribution in [0.2, 0.25) is 5.02 Å². The van der Waals surface area contributed by atoms with Gasteiger partial charge in [-0.05, 0) is 25.3 Å². The summed E-state index contributed by atoms with van der Waals surface area (Å²) in [4.78, 5) is 43.5. The second-order valence-electron chi connectivity index (χ2n) is 5.68. The van der Waals surface area contributed by atoms with Crippen LogP contribution in [0.15, 0.2) is 24.3 Å². The van der Waals surface area contributed by atoms with Crippen molar-refractivity contribution in [2.75, 3.05) is 13.8 Å². The molecule has 1 aliphatic carbocycles. The number of halogens is 1. The van der Waals surface area contributed by atoms with Crippen LogP contribution >= 0.6 is 19.4 Å². The molecule has 1 atom stereocenters. The third-order valence-corrected chi connectivity index (χ3v) is 4.99. The number of hydrogen-bond donors (Lipinski definition) is 2. The second-order valence-corrected chi connectivity index (χ2v) is 7.32. The quantitative estimate of drug-likeness (QED) is 0.586. The van der Waals surface area contributed by atoms with E-state index in [2.05, 4.69) is 4.52 Å². The Hall–Kier alpha value is -1.44. The molecule has 0 radical (unpaired) electrons. The SMILES string of the molecule is CN(C(=O)OCOP(=O)(O)O)C1(c2ccccc2Cl)CCCCC1=O. The lowest BCUT2D eigenvalue weighted by Crippen LogP contribution is -2.54. The summed E-state index contributed by atoms with van der Waals surface area (Å²) < 4.78 is 19.5. The molecule has 0 bridgehead atoms. The van der Waals surface area contributed by atoms with E-state index in [0.717, 1.165) is 11.3 Å². The molecule has 8 nitrogen and oxygen atoms in total. The van der Waals surface area contributed by atoms with Crippen LogP contribution in [-0.2, 0) is 24.2 Å². The molecule has 0 saturated heterocycles. The Bertz CT molecular complexity index is 707. The molecule has 1 aromatic rings. The van der Waals surface area contributed by atoms with Crippen LogP contribution in [0.3, 0.4) is 0 Å². The lowest BCUT2D eigenvalue weighted by atomic mass is 9.74. The number of hydrogen-bond acceptors (Lipinski definition) is 5. The molecule has 25 heavy (non-hydrogen) atoms. The van der Waals surface area contributed by atoms with Crippen molar-refractivity contribution in [3.63, 3.8) is 0 Å². The molecule has 0 heterocycles. The number of ether oxygens (including phenoxy) is 1. The van der Waals surface area contributed by atoms with E-state index in [-0.39, 0.29) is 5.78 Å². The minimum Gasteiger partial charge on any atom is -0.422 e. The lowest BCUT2D eigenvalue weighted by Gasteiger charge is -2.43. The van der Waals surface area contributed by atoms with Gasteiger partial charge in [-0.3, -0.25) is 9.69 Å². The minimum atomic E-state index is -4.76. The van der Waals surface area contributed by atoms with Gasteiger partial charge in [-0.15, -0.1) is 0 Å². The minimum absolute atomic E-state index is 0.165. The Morgan fingerprint density at radius 3 is 2.64 bits per heavy atom. The van der Waals surface area contributed by atoms with Crippen LogP contribution in [-0.4, -0.2) is 40.4 Å². The van der Waals surface area contributed by atoms with Crippen molar-refractivity contribution in [2.45, 2.75) is 31.2 Å². The highest BCUT2D eigenvalue weighted by molar-refractivity contribution is 7.46. The molecule has 0 aromatic heterocycles. The summed E-state index contributed by atoms with van der Waals surface area (Å²) in [5.74, 6) is -0.165. The maximum Gasteiger partial charge on any atom is 0.472 e. The molecule has 2 rings (SSSR count). The first-order valence-corrected chi connectivity index (χ1v) is 9.48. The van der Waals surface area contributed by atoms with Crippen LogP contribution < -0.4 is 0 Å². The lowest BCUT2D eigenvalue weighted by molar-refractivity contribution is -0.133. The number of nitrogens with zero attached hydrogens (tertiary/aromatic N) is 1. The highest BCUT2D eigenvalue weighted by Crippen LogP contribution is 2.42. The number of phosphoric acid groups is 1. The van der Waals surface area contributed by atoms with Crippen LogP contribution in [0.4, 0.5) is 4.79 Å². The van der Waals surface area contributed by atoms with Gasteiger partial charge in [0.15, 0.2) is 5.78 Å². The Morgan fingerprint density at radius 2 is 2.04 bits per heavy atom. The number of benzene rings is 1. The second kappa shape index (κ2) is 7.85. The first-order valence-electron chi connectivity index (χ1n) is 7.57. The topological polar surface area (TPSA) is 113 Å². The van der Waals surface area contributed by atoms with Gasteiger partial charge in [-0.2, -0.15) is 0 Å². The van der Waals surface area contributed by atoms with Crippen LogP contribution in [0.25, 0.3) is 0 Å². The summed E-state index contributed by atoms with van der Waals surface area (Å²) >= 11 is 6.27. The van der Waals surface area contributed by atoms with Crippen molar-refractivity contribution >= 4 is 31.3 Å². The number of ketones is 1. The first-order chi connectivity index (χ1) is 11.7. The number of rotatable bonds is 5. The predicted octanol–water partition coefficient (Wildman–Crippen LogP) is 2.81. The molecule has 1 aromatic carbocycles. The molecular weight excluding hydrogens is 373 g/mol. The number of carbonyl (C=O) groups is 2. The van der Waals surface area contributed by atoms with Crippen molar-refractivity contribution in [1.29, 1.82) is 0 Å². The molecule has 0 aliphatic heterocycles. The fourth-order valence-electron chi connectivity index (χ4n) is 3.03. The van der Waals surface area contributed by atoms with E-state index < -0.39 is 26.2 Å². The average Bonchev–Trinajstić information content (AvgIpc) is 2.54. The largest absolute Gasteiger partial charge is 0.472 e. The van der Waals surface area contributed by atoms with E-state index in [9.17, 15) is 14.2 Å². The van der Waals surface area contributed by atoms with E-state index in [4.69, 9.17) is 26.1 Å². The van der Waals surface area contributed by atoms with Crippen molar-refractivity contribution in [3.05, 3.63) is 34.9 Å². The fraction of sp³-hybridized carbons (Fsp3) is 0.467. The van der Waals surface area contributed by atoms with Crippen molar-refractivity contribution in [1.82, 2.24) is 4.90 Å². The van der Waals surface area contributed by atoms with Gasteiger partial charge < -0.3 is 14.5 Å². The van der Waals surface area contributed by atoms with Gasteiger partial charge in [0.2, 0.25) is 6.79 Å². The molecular formula is C15H19ClNO7P. The van der Waals surface area contributed by atoms with E-state index in [0.29, 0.717) is 29.8 Å². The number of amides is 1. The molecule has 2 N–H and O–H groups in total. The predicted molar refractivity (Wildman–Crippen MR) is 88.8 cm³/mol. The first kappa shape index (κ1) is 19.9. The normalized spacial score (nSPS) is 21.0. The summed E-state index contributed by atoms with van der Waals surface area (Å²) in [6, 6.07) is 6.76. The van der Waals surface area contributed by atoms with Gasteiger partial charge >= 0.3 is 13.9 Å². The summed E-state index contributed by atoms with van der Waals surface area (Å²) in [5.41, 5.74) is -0.785. The zero-order valence-corrected chi connectivity index (χ0v) is 15.2. The van der Waals surface area contributed by atoms with Crippen LogP contribution in [0.1, 0.15) is 31.2 Å². The third-order valence-electron chi connectivity index (χ3n) is 4.22. The third kappa shape index (κ3) is 4.40. The summed E-state index contributed by atoms with van der Waals surface area (Å²) in [5, 5.41) is 0.351. The van der Waals surface area contributed by atoms with Crippen molar-refractivity contribution < 1.29 is 33.2 Å². The summed E-state index contributed by atoms with van der Waals surface area (Å²) in [6.07, 6.45) is 1.16. The maximum atomic E-state index is 12.8. The molecule has 1 aliphatic rings. The monoisotopic (exact) mass is 391 g/mol. The molecule has 1 amide bonds. The van der Waals surface area contributed by atoms with E-state index >= 15 is 0 Å². The number of carbonyl (C=O) groups excluding carboxylic acids is 2. The summed E-state index contributed by atoms with van der Waals surface area (Å²) in [7, 11) is -3.37. The molecule has 0 spiro atoms. The fourth-order valence-corrected chi connectivity index (χ4v) is 3.51. The summed E-state index contributed by atoms with van der Waals surface area (Å²) in [6.45, 7) is -0.930. The zero-order valence-electron chi connectivity index (χ0n) is 13.6. The number of likely N-dealkylation sites (N-methyl/N-ethyl adjacent to an activating group) is 1. The Balaban J connectivity index is 2.30. The Labute approximate surface area is 149 Å². The highest BCUT2D eigenvalue weighted by atomic mass is 35.5. The van der Waals surface area contributed by atoms with E-state index in [1.165, 1.54) is 7.05 Å². The molecule has 138 valence electrons. The van der Waals surface area contributed by atoms with Gasteiger partial charge in [-0.25, -0.2) is 13.9 Å². The molecule has 1 saturated carbocycles. The van der Waals surface area contributed by atoms with E-state index in [1.807, 2.05) is 0 Å². The standard InChI is InChI=1S/C15H19ClNO7P/c1-17(14(19)23-10-24-25(20,21)22)15(9-5-4-8-13(15)18)11-6-2-3-7-12(11)16/h2-3,6-7H,4-5,8-10H2,1H3,(H2,20,21,22). The van der Waals surface area contributed by atoms with E-state index in [1.54, 1.807) is 24.3 Å². The molecule has 10 heteroatoms. The van der Waals surface area contributed by atoms with Gasteiger partial charge in [0.05, 0.1) is 0 Å². The Kier molecular flexibility index (Phi) is 6.24. The van der Waals surface area contributed by atoms with Gasteiger partial charge in [0.1, 0.15) is 5.54 Å². The zero-order chi connectivity index (χ0) is 18.7. The smallest absolute Gasteiger partial charge is 0.422 e. The van der Waals surface area contributed by atoms with Gasteiger partial charge in [0.25, 0.3) is 0 Å². The van der Waals surface area contributed by atoms with Gasteiger partial charge in [-0.1, -0.05) is 29.8 Å². The molecule has 1 unspecified atom stereocenters. The molecule has 1 fully saturated rings. The average molecular weight is 392 g/mol. The van der Waals surface area contributed by atoms with Crippen LogP contribution in [0.5, 0.6) is 0 Å². The Morgan fingerprint density at radius 1 is 1.36 bits per heavy atom. The number of phosphoric ester groups is 1. The number of Topliss-reactive ketones (excluding diaryl/α,β-unsaturated/α-hetero) is 1.